The van der Waals surface area contributed by atoms with Gasteiger partial charge in [0.1, 0.15) is 6.04 Å². The molecule has 5 rings (SSSR count). The Morgan fingerprint density at radius 1 is 1.19 bits per heavy atom. The summed E-state index contributed by atoms with van der Waals surface area (Å²) < 4.78 is 0. The number of nitrogens with two attached hydrogens (primary N) is 1. The predicted octanol–water partition coefficient (Wildman–Crippen LogP) is 6.78. The lowest BCUT2D eigenvalue weighted by Crippen LogP contribution is -2.48. The van der Waals surface area contributed by atoms with Crippen molar-refractivity contribution in [2.24, 2.45) is 11.8 Å². The molecule has 1 aromatic heterocycles. The smallest absolute Gasteiger partial charge is 0.242 e. The van der Waals surface area contributed by atoms with Gasteiger partial charge in [0.05, 0.1) is 5.52 Å². The van der Waals surface area contributed by atoms with E-state index in [2.05, 4.69) is 87.7 Å². The highest BCUT2D eigenvalue weighted by molar-refractivity contribution is 6.01. The number of hydrogen-bond acceptors (Lipinski definition) is 4. The molecular weight excluding hydrogens is 448 g/mol. The minimum Gasteiger partial charge on any atom is -0.362 e. The summed E-state index contributed by atoms with van der Waals surface area (Å²) in [6, 6.07) is 2.20. The van der Waals surface area contributed by atoms with Crippen molar-refractivity contribution in [3.05, 3.63) is 41.6 Å². The zero-order valence-electron chi connectivity index (χ0n) is 23.5. The minimum atomic E-state index is -0.166. The van der Waals surface area contributed by atoms with Crippen LogP contribution in [0.1, 0.15) is 108 Å². The van der Waals surface area contributed by atoms with Crippen LogP contribution in [0.25, 0.3) is 10.9 Å². The van der Waals surface area contributed by atoms with E-state index < -0.39 is 0 Å². The number of rotatable bonds is 2. The van der Waals surface area contributed by atoms with E-state index in [0.717, 1.165) is 12.8 Å². The van der Waals surface area contributed by atoms with Gasteiger partial charge in [0, 0.05) is 36.8 Å². The lowest BCUT2D eigenvalue weighted by molar-refractivity contribution is -0.123. The maximum absolute atomic E-state index is 12.8. The Bertz CT molecular complexity index is 973. The van der Waals surface area contributed by atoms with Crippen LogP contribution in [0.5, 0.6) is 0 Å². The molecule has 2 aromatic rings. The van der Waals surface area contributed by atoms with Crippen molar-refractivity contribution < 1.29 is 10.0 Å². The van der Waals surface area contributed by atoms with Crippen molar-refractivity contribution in [3.63, 3.8) is 0 Å². The van der Waals surface area contributed by atoms with Gasteiger partial charge in [0.15, 0.2) is 0 Å². The number of hydrogen-bond donors (Lipinski definition) is 4. The molecule has 1 unspecified atom stereocenters. The van der Waals surface area contributed by atoms with Crippen molar-refractivity contribution in [1.29, 1.82) is 0 Å². The summed E-state index contributed by atoms with van der Waals surface area (Å²) in [5.41, 5.74) is 6.56. The third kappa shape index (κ3) is 6.51. The number of nitrogens with one attached hydrogen (secondary N) is 2. The minimum absolute atomic E-state index is 0.129. The van der Waals surface area contributed by atoms with E-state index in [-0.39, 0.29) is 17.9 Å². The Hall–Kier alpha value is -2.31. The van der Waals surface area contributed by atoms with Crippen molar-refractivity contribution in [1.82, 2.24) is 10.3 Å². The predicted molar refractivity (Wildman–Crippen MR) is 153 cm³/mol. The zero-order valence-corrected chi connectivity index (χ0v) is 23.5. The first kappa shape index (κ1) is 29.9. The fourth-order valence-electron chi connectivity index (χ4n) is 5.41. The Morgan fingerprint density at radius 3 is 2.33 bits per heavy atom. The van der Waals surface area contributed by atoms with E-state index in [1.807, 2.05) is 0 Å². The first-order valence-electron chi connectivity index (χ1n) is 13.9. The summed E-state index contributed by atoms with van der Waals surface area (Å²) in [4.78, 5) is 18.6. The number of carbonyl (C=O) groups is 1. The summed E-state index contributed by atoms with van der Waals surface area (Å²) in [6.45, 7) is 15.6. The van der Waals surface area contributed by atoms with Crippen LogP contribution in [-0.2, 0) is 11.2 Å². The van der Waals surface area contributed by atoms with Gasteiger partial charge in [0.2, 0.25) is 5.91 Å². The highest BCUT2D eigenvalue weighted by atomic mass is 16.4. The first-order valence-corrected chi connectivity index (χ1v) is 13.9. The summed E-state index contributed by atoms with van der Waals surface area (Å²) in [6.07, 6.45) is 14.7. The molecule has 0 radical (unpaired) electrons. The number of benzene rings is 1. The third-order valence-electron chi connectivity index (χ3n) is 7.58. The zero-order chi connectivity index (χ0) is 26.8. The number of likely N-dealkylation sites (N-methyl/N-ethyl adjacent to an activating group) is 1. The molecule has 2 aliphatic carbocycles. The second-order valence-electron chi connectivity index (χ2n) is 10.7. The molecule has 0 saturated heterocycles. The summed E-state index contributed by atoms with van der Waals surface area (Å²) >= 11 is 0. The Balaban J connectivity index is 0.000000438. The Labute approximate surface area is 218 Å². The van der Waals surface area contributed by atoms with E-state index in [9.17, 15) is 4.79 Å². The molecule has 1 fully saturated rings. The Kier molecular flexibility index (Phi) is 12.0. The van der Waals surface area contributed by atoms with E-state index in [0.29, 0.717) is 18.4 Å². The molecule has 1 saturated carbocycles. The van der Waals surface area contributed by atoms with Crippen molar-refractivity contribution in [2.75, 3.05) is 18.5 Å². The molecule has 202 valence electrons. The van der Waals surface area contributed by atoms with Gasteiger partial charge in [-0.25, -0.2) is 5.90 Å². The number of anilines is 1. The molecule has 3 atom stereocenters. The van der Waals surface area contributed by atoms with E-state index in [1.165, 1.54) is 71.8 Å². The number of amides is 1. The topological polar surface area (TPSA) is 94.4 Å². The van der Waals surface area contributed by atoms with Crippen LogP contribution in [0.4, 0.5) is 5.69 Å². The van der Waals surface area contributed by atoms with Crippen LogP contribution in [0.3, 0.4) is 0 Å². The summed E-state index contributed by atoms with van der Waals surface area (Å²) in [5.74, 6) is 4.79. The number of nitrogens with zero attached hydrogens (tertiary/aromatic N) is 1. The lowest BCUT2D eigenvalue weighted by Gasteiger charge is -2.35. The molecule has 36 heavy (non-hydrogen) atoms. The highest BCUT2D eigenvalue weighted by Crippen LogP contribution is 2.47. The monoisotopic (exact) mass is 498 g/mol. The number of fused-ring (bicyclic) bond motifs is 2. The van der Waals surface area contributed by atoms with E-state index in [4.69, 9.17) is 5.21 Å². The third-order valence-corrected chi connectivity index (χ3v) is 7.58. The molecule has 1 amide bonds. The highest BCUT2D eigenvalue weighted by Gasteiger charge is 2.33. The largest absolute Gasteiger partial charge is 0.362 e. The van der Waals surface area contributed by atoms with Crippen molar-refractivity contribution >= 4 is 22.5 Å². The second-order valence-corrected chi connectivity index (χ2v) is 10.7. The SMILES string of the molecule is C1CCC1.C=C[C@H]1CC[C@@H](C)c2cc3c4c(c[nH]c4c21)CCNC(=O)C(C(C)C)N3C.CCC.NO. The quantitative estimate of drug-likeness (QED) is 0.271. The van der Waals surface area contributed by atoms with Gasteiger partial charge in [-0.1, -0.05) is 72.8 Å². The van der Waals surface area contributed by atoms with Crippen LogP contribution >= 0.6 is 0 Å². The maximum Gasteiger partial charge on any atom is 0.242 e. The molecule has 5 N–H and O–H groups in total. The number of carbonyl (C=O) groups excluding carboxylic acids is 1. The van der Waals surface area contributed by atoms with Crippen LogP contribution in [0, 0.1) is 5.92 Å². The van der Waals surface area contributed by atoms with Crippen LogP contribution in [0.2, 0.25) is 0 Å². The van der Waals surface area contributed by atoms with Crippen LogP contribution < -0.4 is 16.1 Å². The molecule has 1 aliphatic heterocycles. The number of allylic oxidation sites excluding steroid dienone is 1. The average molecular weight is 499 g/mol. The Morgan fingerprint density at radius 2 is 1.81 bits per heavy atom. The normalized spacial score (nSPS) is 22.5. The molecule has 1 aromatic carbocycles. The number of H-pyrrole nitrogens is 1. The van der Waals surface area contributed by atoms with Gasteiger partial charge >= 0.3 is 0 Å². The second kappa shape index (κ2) is 14.4. The van der Waals surface area contributed by atoms with Gasteiger partial charge in [-0.2, -0.15) is 0 Å². The van der Waals surface area contributed by atoms with E-state index >= 15 is 0 Å². The van der Waals surface area contributed by atoms with Crippen LogP contribution in [-0.4, -0.2) is 35.7 Å². The van der Waals surface area contributed by atoms with Crippen molar-refractivity contribution in [3.8, 4) is 0 Å². The average Bonchev–Trinajstić information content (AvgIpc) is 3.24. The fourth-order valence-corrected chi connectivity index (χ4v) is 5.41. The molecule has 6 heteroatoms. The van der Waals surface area contributed by atoms with Crippen molar-refractivity contribution in [2.45, 2.75) is 104 Å². The summed E-state index contributed by atoms with van der Waals surface area (Å²) in [7, 11) is 2.08. The molecule has 6 nitrogen and oxygen atoms in total. The molecule has 2 heterocycles. The molecular formula is C30H50N4O2. The molecule has 0 bridgehead atoms. The maximum atomic E-state index is 12.8. The van der Waals surface area contributed by atoms with Gasteiger partial charge in [-0.3, -0.25) is 4.79 Å². The molecule has 0 spiro atoms. The lowest BCUT2D eigenvalue weighted by atomic mass is 9.76. The van der Waals surface area contributed by atoms with Gasteiger partial charge < -0.3 is 20.4 Å². The van der Waals surface area contributed by atoms with Gasteiger partial charge in [-0.15, -0.1) is 6.58 Å². The van der Waals surface area contributed by atoms with Gasteiger partial charge in [-0.05, 0) is 53.9 Å². The molecule has 3 aliphatic rings. The first-order chi connectivity index (χ1) is 17.3. The number of aromatic nitrogens is 1. The fraction of sp³-hybridized carbons (Fsp3) is 0.633. The van der Waals surface area contributed by atoms with Crippen LogP contribution in [0.15, 0.2) is 24.9 Å². The van der Waals surface area contributed by atoms with Gasteiger partial charge in [0.25, 0.3) is 0 Å². The standard InChI is InChI=1S/C23H31N3O.C4H8.C3H8.H3NO/c1-6-15-8-7-14(4)17-11-18-20-16(12-25-21(20)19(15)17)9-10-24-23(27)22(13(2)3)26(18)5;1-2-4-3-1;1-3-2;1-2/h6,11-15,22,25H,1,7-10H2,2-5H3,(H,24,27);1-4H2;3H2,1-2H3;2H,1H2/t14-,15+,22?;;;/m1.../s1. The van der Waals surface area contributed by atoms with E-state index in [1.54, 1.807) is 0 Å². The summed E-state index contributed by atoms with van der Waals surface area (Å²) in [5, 5.41) is 10.9. The number of aromatic amines is 1.